The molecule has 1 atom stereocenters. The monoisotopic (exact) mass is 348 g/mol. The van der Waals surface area contributed by atoms with Crippen LogP contribution in [0, 0.1) is 19.8 Å². The van der Waals surface area contributed by atoms with Gasteiger partial charge in [0.05, 0.1) is 5.69 Å². The van der Waals surface area contributed by atoms with Crippen LogP contribution < -0.4 is 0 Å². The van der Waals surface area contributed by atoms with Crippen molar-refractivity contribution in [3.63, 3.8) is 0 Å². The van der Waals surface area contributed by atoms with Crippen LogP contribution in [-0.4, -0.2) is 58.1 Å². The fraction of sp³-hybridized carbons (Fsp3) is 0.737. The standard InChI is InChI=1S/C19H32N4O2/c1-13(2)12-23-15(4)16(14(3)20-23)9-10-18(24)22-11-7-8-17(22)19(25)21(5)6/h13,17H,7-12H2,1-6H3. The Morgan fingerprint density at radius 2 is 1.96 bits per heavy atom. The topological polar surface area (TPSA) is 58.4 Å². The first-order valence-electron chi connectivity index (χ1n) is 9.25. The van der Waals surface area contributed by atoms with Crippen LogP contribution in [0.15, 0.2) is 0 Å². The molecule has 0 saturated carbocycles. The zero-order valence-electron chi connectivity index (χ0n) is 16.5. The maximum absolute atomic E-state index is 12.7. The van der Waals surface area contributed by atoms with Gasteiger partial charge in [-0.1, -0.05) is 13.8 Å². The van der Waals surface area contributed by atoms with Crippen LogP contribution in [0.4, 0.5) is 0 Å². The molecular weight excluding hydrogens is 316 g/mol. The summed E-state index contributed by atoms with van der Waals surface area (Å²) >= 11 is 0. The van der Waals surface area contributed by atoms with Crippen molar-refractivity contribution < 1.29 is 9.59 Å². The number of amides is 2. The Morgan fingerprint density at radius 3 is 2.56 bits per heavy atom. The van der Waals surface area contributed by atoms with Gasteiger partial charge in [0.2, 0.25) is 11.8 Å². The van der Waals surface area contributed by atoms with Gasteiger partial charge in [0.1, 0.15) is 6.04 Å². The van der Waals surface area contributed by atoms with Gasteiger partial charge in [-0.15, -0.1) is 0 Å². The number of aromatic nitrogens is 2. The van der Waals surface area contributed by atoms with E-state index in [1.54, 1.807) is 23.9 Å². The second kappa shape index (κ2) is 8.02. The molecule has 1 aliphatic rings. The molecule has 1 aromatic rings. The van der Waals surface area contributed by atoms with Crippen LogP contribution in [0.1, 0.15) is 50.1 Å². The number of carbonyl (C=O) groups is 2. The molecule has 2 heterocycles. The van der Waals surface area contributed by atoms with E-state index in [2.05, 4.69) is 25.9 Å². The van der Waals surface area contributed by atoms with Crippen molar-refractivity contribution in [3.05, 3.63) is 17.0 Å². The minimum Gasteiger partial charge on any atom is -0.347 e. The average molecular weight is 348 g/mol. The molecule has 25 heavy (non-hydrogen) atoms. The van der Waals surface area contributed by atoms with E-state index in [1.165, 1.54) is 5.56 Å². The molecule has 1 fully saturated rings. The maximum Gasteiger partial charge on any atom is 0.244 e. The second-order valence-corrected chi connectivity index (χ2v) is 7.70. The third-order valence-corrected chi connectivity index (χ3v) is 4.96. The number of carbonyl (C=O) groups excluding carboxylic acids is 2. The summed E-state index contributed by atoms with van der Waals surface area (Å²) in [5, 5.41) is 4.62. The van der Waals surface area contributed by atoms with E-state index in [-0.39, 0.29) is 17.9 Å². The Morgan fingerprint density at radius 1 is 1.28 bits per heavy atom. The van der Waals surface area contributed by atoms with Gasteiger partial charge < -0.3 is 9.80 Å². The minimum absolute atomic E-state index is 0.0305. The highest BCUT2D eigenvalue weighted by Crippen LogP contribution is 2.22. The molecule has 2 amide bonds. The number of hydrogen-bond acceptors (Lipinski definition) is 3. The Labute approximate surface area is 151 Å². The second-order valence-electron chi connectivity index (χ2n) is 7.70. The molecule has 0 bridgehead atoms. The lowest BCUT2D eigenvalue weighted by atomic mass is 10.1. The molecule has 6 heteroatoms. The zero-order chi connectivity index (χ0) is 18.7. The van der Waals surface area contributed by atoms with Gasteiger partial charge >= 0.3 is 0 Å². The van der Waals surface area contributed by atoms with E-state index in [9.17, 15) is 9.59 Å². The van der Waals surface area contributed by atoms with Crippen LogP contribution in [-0.2, 0) is 22.6 Å². The van der Waals surface area contributed by atoms with E-state index < -0.39 is 0 Å². The fourth-order valence-electron chi connectivity index (χ4n) is 3.61. The zero-order valence-corrected chi connectivity index (χ0v) is 16.5. The summed E-state index contributed by atoms with van der Waals surface area (Å²) in [4.78, 5) is 28.3. The molecule has 0 radical (unpaired) electrons. The van der Waals surface area contributed by atoms with Crippen molar-refractivity contribution in [2.45, 2.75) is 66.0 Å². The van der Waals surface area contributed by atoms with E-state index in [1.807, 2.05) is 11.6 Å². The summed E-state index contributed by atoms with van der Waals surface area (Å²) in [7, 11) is 3.50. The van der Waals surface area contributed by atoms with E-state index >= 15 is 0 Å². The first kappa shape index (κ1) is 19.5. The van der Waals surface area contributed by atoms with Crippen molar-refractivity contribution in [1.29, 1.82) is 0 Å². The van der Waals surface area contributed by atoms with Crippen LogP contribution in [0.2, 0.25) is 0 Å². The van der Waals surface area contributed by atoms with Crippen molar-refractivity contribution >= 4 is 11.8 Å². The summed E-state index contributed by atoms with van der Waals surface area (Å²) in [6, 6.07) is -0.284. The molecule has 0 aromatic carbocycles. The largest absolute Gasteiger partial charge is 0.347 e. The van der Waals surface area contributed by atoms with Gasteiger partial charge in [-0.3, -0.25) is 14.3 Å². The Bertz CT molecular complexity index is 634. The lowest BCUT2D eigenvalue weighted by Gasteiger charge is -2.26. The number of hydrogen-bond donors (Lipinski definition) is 0. The third kappa shape index (κ3) is 4.41. The molecule has 1 aliphatic heterocycles. The van der Waals surface area contributed by atoms with Crippen molar-refractivity contribution in [1.82, 2.24) is 19.6 Å². The predicted octanol–water partition coefficient (Wildman–Crippen LogP) is 2.17. The molecule has 140 valence electrons. The summed E-state index contributed by atoms with van der Waals surface area (Å²) in [6.07, 6.45) is 2.80. The molecule has 0 aliphatic carbocycles. The summed E-state index contributed by atoms with van der Waals surface area (Å²) in [6.45, 7) is 10.0. The number of aryl methyl sites for hydroxylation is 1. The molecule has 1 saturated heterocycles. The van der Waals surface area contributed by atoms with Crippen molar-refractivity contribution in [2.24, 2.45) is 5.92 Å². The maximum atomic E-state index is 12.7. The van der Waals surface area contributed by atoms with Gasteiger partial charge in [0, 0.05) is 39.3 Å². The SMILES string of the molecule is Cc1nn(CC(C)C)c(C)c1CCC(=O)N1CCCC1C(=O)N(C)C. The number of likely N-dealkylation sites (N-methyl/N-ethyl adjacent to an activating group) is 1. The fourth-order valence-corrected chi connectivity index (χ4v) is 3.61. The van der Waals surface area contributed by atoms with Crippen LogP contribution in [0.5, 0.6) is 0 Å². The molecule has 1 unspecified atom stereocenters. The summed E-state index contributed by atoms with van der Waals surface area (Å²) < 4.78 is 2.05. The molecule has 0 spiro atoms. The number of rotatable bonds is 6. The van der Waals surface area contributed by atoms with E-state index in [0.29, 0.717) is 25.3 Å². The highest BCUT2D eigenvalue weighted by atomic mass is 16.2. The highest BCUT2D eigenvalue weighted by molar-refractivity contribution is 5.88. The van der Waals surface area contributed by atoms with Gasteiger partial charge in [-0.25, -0.2) is 0 Å². The normalized spacial score (nSPS) is 17.4. The Kier molecular flexibility index (Phi) is 6.25. The van der Waals surface area contributed by atoms with Gasteiger partial charge in [0.25, 0.3) is 0 Å². The summed E-state index contributed by atoms with van der Waals surface area (Å²) in [5.74, 6) is 0.644. The van der Waals surface area contributed by atoms with Crippen LogP contribution in [0.3, 0.4) is 0 Å². The summed E-state index contributed by atoms with van der Waals surface area (Å²) in [5.41, 5.74) is 3.33. The molecule has 1 aromatic heterocycles. The molecular formula is C19H32N4O2. The first-order valence-corrected chi connectivity index (χ1v) is 9.25. The van der Waals surface area contributed by atoms with Gasteiger partial charge in [-0.05, 0) is 44.6 Å². The minimum atomic E-state index is -0.284. The lowest BCUT2D eigenvalue weighted by Crippen LogP contribution is -2.45. The average Bonchev–Trinajstić information content (AvgIpc) is 3.10. The third-order valence-electron chi connectivity index (χ3n) is 4.96. The van der Waals surface area contributed by atoms with Crippen molar-refractivity contribution in [2.75, 3.05) is 20.6 Å². The Hall–Kier alpha value is -1.85. The lowest BCUT2D eigenvalue weighted by molar-refractivity contribution is -0.142. The van der Waals surface area contributed by atoms with E-state index in [0.717, 1.165) is 30.8 Å². The first-order chi connectivity index (χ1) is 11.7. The predicted molar refractivity (Wildman–Crippen MR) is 98.3 cm³/mol. The number of likely N-dealkylation sites (tertiary alicyclic amines) is 1. The Balaban J connectivity index is 2.02. The van der Waals surface area contributed by atoms with Crippen LogP contribution >= 0.6 is 0 Å². The molecule has 0 N–H and O–H groups in total. The van der Waals surface area contributed by atoms with Gasteiger partial charge in [-0.2, -0.15) is 5.10 Å². The van der Waals surface area contributed by atoms with Crippen molar-refractivity contribution in [3.8, 4) is 0 Å². The quantitative estimate of drug-likeness (QED) is 0.792. The smallest absolute Gasteiger partial charge is 0.244 e. The van der Waals surface area contributed by atoms with Gasteiger partial charge in [0.15, 0.2) is 0 Å². The number of nitrogens with zero attached hydrogens (tertiary/aromatic N) is 4. The molecule has 2 rings (SSSR count). The van der Waals surface area contributed by atoms with Crippen LogP contribution in [0.25, 0.3) is 0 Å². The highest BCUT2D eigenvalue weighted by Gasteiger charge is 2.34. The molecule has 6 nitrogen and oxygen atoms in total. The van der Waals surface area contributed by atoms with E-state index in [4.69, 9.17) is 0 Å².